The third-order valence-electron chi connectivity index (χ3n) is 3.67. The maximum absolute atomic E-state index is 12.9. The van der Waals surface area contributed by atoms with Crippen LogP contribution in [0.4, 0.5) is 10.1 Å². The zero-order chi connectivity index (χ0) is 18.5. The SMILES string of the molecule is Fc1ccc(NCc2cc(Cl)c(OCc3cccc(Cl)c3)c(Cl)c2)cc1. The molecule has 0 bridgehead atoms. The summed E-state index contributed by atoms with van der Waals surface area (Å²) in [6, 6.07) is 17.1. The summed E-state index contributed by atoms with van der Waals surface area (Å²) in [7, 11) is 0. The second kappa shape index (κ2) is 8.63. The van der Waals surface area contributed by atoms with Crippen LogP contribution in [0.15, 0.2) is 60.7 Å². The van der Waals surface area contributed by atoms with E-state index in [4.69, 9.17) is 39.5 Å². The second-order valence-electron chi connectivity index (χ2n) is 5.67. The highest BCUT2D eigenvalue weighted by atomic mass is 35.5. The van der Waals surface area contributed by atoms with Gasteiger partial charge in [-0.3, -0.25) is 0 Å². The van der Waals surface area contributed by atoms with E-state index in [9.17, 15) is 4.39 Å². The fourth-order valence-electron chi connectivity index (χ4n) is 2.41. The summed E-state index contributed by atoms with van der Waals surface area (Å²) in [6.45, 7) is 0.812. The maximum Gasteiger partial charge on any atom is 0.156 e. The first-order valence-corrected chi connectivity index (χ1v) is 8.99. The molecule has 0 aliphatic rings. The average Bonchev–Trinajstić information content (AvgIpc) is 2.60. The van der Waals surface area contributed by atoms with Gasteiger partial charge in [-0.1, -0.05) is 46.9 Å². The topological polar surface area (TPSA) is 21.3 Å². The van der Waals surface area contributed by atoms with Crippen molar-refractivity contribution in [3.8, 4) is 5.75 Å². The summed E-state index contributed by atoms with van der Waals surface area (Å²) >= 11 is 18.6. The van der Waals surface area contributed by atoms with Gasteiger partial charge < -0.3 is 10.1 Å². The van der Waals surface area contributed by atoms with E-state index in [0.29, 0.717) is 34.0 Å². The number of rotatable bonds is 6. The molecule has 0 radical (unpaired) electrons. The molecule has 0 aliphatic heterocycles. The molecule has 0 aromatic heterocycles. The molecule has 1 N–H and O–H groups in total. The molecular weight excluding hydrogens is 396 g/mol. The predicted octanol–water partition coefficient (Wildman–Crippen LogP) is 6.98. The first kappa shape index (κ1) is 18.8. The summed E-state index contributed by atoms with van der Waals surface area (Å²) in [5.41, 5.74) is 2.62. The van der Waals surface area contributed by atoms with E-state index >= 15 is 0 Å². The Balaban J connectivity index is 1.66. The van der Waals surface area contributed by atoms with Gasteiger partial charge >= 0.3 is 0 Å². The van der Waals surface area contributed by atoms with Crippen LogP contribution in [0.2, 0.25) is 15.1 Å². The average molecular weight is 411 g/mol. The van der Waals surface area contributed by atoms with Crippen molar-refractivity contribution in [1.29, 1.82) is 0 Å². The van der Waals surface area contributed by atoms with Crippen LogP contribution in [0.1, 0.15) is 11.1 Å². The van der Waals surface area contributed by atoms with Crippen LogP contribution in [0.25, 0.3) is 0 Å². The molecule has 0 aliphatic carbocycles. The standard InChI is InChI=1S/C20H15Cl3FNO/c21-15-3-1-2-13(8-15)12-26-20-18(22)9-14(10-19(20)23)11-25-17-6-4-16(24)5-7-17/h1-10,25H,11-12H2. The lowest BCUT2D eigenvalue weighted by Crippen LogP contribution is -2.01. The van der Waals surface area contributed by atoms with Crippen LogP contribution < -0.4 is 10.1 Å². The lowest BCUT2D eigenvalue weighted by atomic mass is 10.2. The Morgan fingerprint density at radius 3 is 2.19 bits per heavy atom. The molecule has 0 heterocycles. The number of ether oxygens (including phenoxy) is 1. The molecule has 2 nitrogen and oxygen atoms in total. The van der Waals surface area contributed by atoms with Crippen molar-refractivity contribution in [3.05, 3.63) is 92.7 Å². The van der Waals surface area contributed by atoms with E-state index < -0.39 is 0 Å². The van der Waals surface area contributed by atoms with Crippen molar-refractivity contribution in [1.82, 2.24) is 0 Å². The minimum Gasteiger partial charge on any atom is -0.486 e. The van der Waals surface area contributed by atoms with Gasteiger partial charge in [0.25, 0.3) is 0 Å². The molecule has 3 aromatic carbocycles. The van der Waals surface area contributed by atoms with E-state index in [2.05, 4.69) is 5.32 Å². The van der Waals surface area contributed by atoms with Gasteiger partial charge in [-0.05, 0) is 59.7 Å². The Labute approximate surface area is 166 Å². The first-order valence-electron chi connectivity index (χ1n) is 7.86. The molecule has 0 unspecified atom stereocenters. The lowest BCUT2D eigenvalue weighted by Gasteiger charge is -2.13. The van der Waals surface area contributed by atoms with Crippen molar-refractivity contribution >= 4 is 40.5 Å². The van der Waals surface area contributed by atoms with Crippen molar-refractivity contribution in [2.24, 2.45) is 0 Å². The first-order chi connectivity index (χ1) is 12.5. The number of nitrogens with one attached hydrogen (secondary N) is 1. The van der Waals surface area contributed by atoms with Gasteiger partial charge in [-0.25, -0.2) is 4.39 Å². The number of hydrogen-bond donors (Lipinski definition) is 1. The highest BCUT2D eigenvalue weighted by Gasteiger charge is 2.10. The molecule has 26 heavy (non-hydrogen) atoms. The Morgan fingerprint density at radius 1 is 0.846 bits per heavy atom. The fraction of sp³-hybridized carbons (Fsp3) is 0.100. The van der Waals surface area contributed by atoms with Crippen molar-refractivity contribution in [3.63, 3.8) is 0 Å². The minimum atomic E-state index is -0.275. The Kier molecular flexibility index (Phi) is 6.25. The van der Waals surface area contributed by atoms with Gasteiger partial charge in [0.2, 0.25) is 0 Å². The van der Waals surface area contributed by atoms with Crippen molar-refractivity contribution in [2.45, 2.75) is 13.2 Å². The van der Waals surface area contributed by atoms with E-state index in [1.54, 1.807) is 30.3 Å². The predicted molar refractivity (Wildman–Crippen MR) is 106 cm³/mol. The summed E-state index contributed by atoms with van der Waals surface area (Å²) in [6.07, 6.45) is 0. The number of anilines is 1. The summed E-state index contributed by atoms with van der Waals surface area (Å²) in [5.74, 6) is 0.154. The molecule has 6 heteroatoms. The number of hydrogen-bond acceptors (Lipinski definition) is 2. The van der Waals surface area contributed by atoms with Crippen LogP contribution in [-0.2, 0) is 13.2 Å². The van der Waals surface area contributed by atoms with E-state index in [1.807, 2.05) is 18.2 Å². The number of halogens is 4. The van der Waals surface area contributed by atoms with Crippen molar-refractivity contribution in [2.75, 3.05) is 5.32 Å². The summed E-state index contributed by atoms with van der Waals surface area (Å²) in [5, 5.41) is 4.68. The molecule has 0 saturated heterocycles. The normalized spacial score (nSPS) is 10.6. The van der Waals surface area contributed by atoms with Crippen LogP contribution in [-0.4, -0.2) is 0 Å². The largest absolute Gasteiger partial charge is 0.486 e. The molecular formula is C20H15Cl3FNO. The van der Waals surface area contributed by atoms with Gasteiger partial charge in [0.05, 0.1) is 10.0 Å². The van der Waals surface area contributed by atoms with Gasteiger partial charge in [0, 0.05) is 17.3 Å². The third-order valence-corrected chi connectivity index (χ3v) is 4.47. The van der Waals surface area contributed by atoms with Gasteiger partial charge in [-0.15, -0.1) is 0 Å². The molecule has 134 valence electrons. The molecule has 0 amide bonds. The van der Waals surface area contributed by atoms with Crippen LogP contribution in [0.5, 0.6) is 5.75 Å². The van der Waals surface area contributed by atoms with Gasteiger partial charge in [0.15, 0.2) is 5.75 Å². The third kappa shape index (κ3) is 5.04. The zero-order valence-electron chi connectivity index (χ0n) is 13.6. The van der Waals surface area contributed by atoms with E-state index in [1.165, 1.54) is 12.1 Å². The fourth-order valence-corrected chi connectivity index (χ4v) is 3.26. The minimum absolute atomic E-state index is 0.275. The summed E-state index contributed by atoms with van der Waals surface area (Å²) in [4.78, 5) is 0. The van der Waals surface area contributed by atoms with E-state index in [0.717, 1.165) is 16.8 Å². The Bertz CT molecular complexity index is 877. The quantitative estimate of drug-likeness (QED) is 0.473. The molecule has 0 spiro atoms. The Hall–Kier alpha value is -1.94. The molecule has 3 rings (SSSR count). The maximum atomic E-state index is 12.9. The molecule has 3 aromatic rings. The second-order valence-corrected chi connectivity index (χ2v) is 6.92. The molecule has 0 fully saturated rings. The number of benzene rings is 3. The smallest absolute Gasteiger partial charge is 0.156 e. The lowest BCUT2D eigenvalue weighted by molar-refractivity contribution is 0.306. The Morgan fingerprint density at radius 2 is 1.54 bits per heavy atom. The van der Waals surface area contributed by atoms with Gasteiger partial charge in [-0.2, -0.15) is 0 Å². The van der Waals surface area contributed by atoms with Crippen molar-refractivity contribution < 1.29 is 9.13 Å². The van der Waals surface area contributed by atoms with E-state index in [-0.39, 0.29) is 5.82 Å². The molecule has 0 saturated carbocycles. The monoisotopic (exact) mass is 409 g/mol. The highest BCUT2D eigenvalue weighted by Crippen LogP contribution is 2.35. The van der Waals surface area contributed by atoms with Gasteiger partial charge in [0.1, 0.15) is 12.4 Å². The molecule has 0 atom stereocenters. The van der Waals surface area contributed by atoms with Crippen LogP contribution in [0, 0.1) is 5.82 Å². The zero-order valence-corrected chi connectivity index (χ0v) is 15.9. The van der Waals surface area contributed by atoms with Crippen LogP contribution in [0.3, 0.4) is 0 Å². The van der Waals surface area contributed by atoms with Crippen LogP contribution >= 0.6 is 34.8 Å². The highest BCUT2D eigenvalue weighted by molar-refractivity contribution is 6.37. The summed E-state index contributed by atoms with van der Waals surface area (Å²) < 4.78 is 18.7.